The topological polar surface area (TPSA) is 47.6 Å². The molecule has 1 fully saturated rings. The van der Waals surface area contributed by atoms with Crippen molar-refractivity contribution in [3.8, 4) is 16.2 Å². The van der Waals surface area contributed by atoms with E-state index in [1.807, 2.05) is 6.92 Å². The van der Waals surface area contributed by atoms with Gasteiger partial charge in [-0.05, 0) is 87.1 Å². The van der Waals surface area contributed by atoms with Crippen LogP contribution in [0.3, 0.4) is 0 Å². The summed E-state index contributed by atoms with van der Waals surface area (Å²) in [7, 11) is 0. The van der Waals surface area contributed by atoms with Gasteiger partial charge in [0.1, 0.15) is 5.75 Å². The molecule has 5 heteroatoms. The lowest BCUT2D eigenvalue weighted by Crippen LogP contribution is -2.45. The quantitative estimate of drug-likeness (QED) is 0.203. The molecular formula is C30H37NO3S. The van der Waals surface area contributed by atoms with Gasteiger partial charge in [-0.25, -0.2) is 0 Å². The fraction of sp³-hybridized carbons (Fsp3) is 0.433. The molecular weight excluding hydrogens is 454 g/mol. The molecule has 1 heterocycles. The van der Waals surface area contributed by atoms with E-state index in [0.29, 0.717) is 12.6 Å². The summed E-state index contributed by atoms with van der Waals surface area (Å²) >= 11 is 1.74. The Morgan fingerprint density at radius 1 is 1.06 bits per heavy atom. The van der Waals surface area contributed by atoms with Crippen LogP contribution in [0.2, 0.25) is 0 Å². The number of thiophene rings is 1. The molecule has 1 aliphatic rings. The number of unbranched alkanes of at least 4 members (excludes halogenated alkanes) is 2. The summed E-state index contributed by atoms with van der Waals surface area (Å²) in [4.78, 5) is 13.1. The summed E-state index contributed by atoms with van der Waals surface area (Å²) in [6.45, 7) is 5.24. The van der Waals surface area contributed by atoms with Crippen LogP contribution in [0.1, 0.15) is 63.1 Å². The smallest absolute Gasteiger partial charge is 0.309 e. The molecule has 1 atom stereocenters. The normalized spacial score (nSPS) is 18.0. The van der Waals surface area contributed by atoms with Crippen molar-refractivity contribution < 1.29 is 14.3 Å². The lowest BCUT2D eigenvalue weighted by Gasteiger charge is -2.36. The molecule has 2 aromatic carbocycles. The van der Waals surface area contributed by atoms with E-state index in [1.54, 1.807) is 11.3 Å². The van der Waals surface area contributed by atoms with E-state index < -0.39 is 0 Å². The van der Waals surface area contributed by atoms with Crippen LogP contribution in [0.15, 0.2) is 66.0 Å². The largest absolute Gasteiger partial charge is 0.493 e. The number of hydrogen-bond donors (Lipinski definition) is 1. The van der Waals surface area contributed by atoms with E-state index in [4.69, 9.17) is 9.47 Å². The van der Waals surface area contributed by atoms with Gasteiger partial charge in [-0.3, -0.25) is 4.79 Å². The molecule has 186 valence electrons. The first-order valence-electron chi connectivity index (χ1n) is 12.9. The van der Waals surface area contributed by atoms with Gasteiger partial charge in [0.15, 0.2) is 0 Å². The van der Waals surface area contributed by atoms with Gasteiger partial charge in [0.05, 0.1) is 19.1 Å². The first kappa shape index (κ1) is 25.5. The van der Waals surface area contributed by atoms with Crippen LogP contribution in [0.4, 0.5) is 0 Å². The van der Waals surface area contributed by atoms with E-state index in [-0.39, 0.29) is 17.9 Å². The number of carbonyl (C=O) groups excluding carboxylic acids is 1. The van der Waals surface area contributed by atoms with E-state index in [0.717, 1.165) is 50.0 Å². The number of carbonyl (C=O) groups is 1. The molecule has 0 aliphatic heterocycles. The van der Waals surface area contributed by atoms with Gasteiger partial charge in [0, 0.05) is 22.5 Å². The molecule has 0 amide bonds. The zero-order valence-electron chi connectivity index (χ0n) is 20.9. The molecule has 35 heavy (non-hydrogen) atoms. The zero-order valence-corrected chi connectivity index (χ0v) is 21.7. The monoisotopic (exact) mass is 491 g/mol. The van der Waals surface area contributed by atoms with Crippen LogP contribution in [0.25, 0.3) is 10.4 Å². The first-order chi connectivity index (χ1) is 17.1. The molecule has 1 aromatic heterocycles. The number of aryl methyl sites for hydroxylation is 1. The van der Waals surface area contributed by atoms with Crippen LogP contribution in [0.5, 0.6) is 5.75 Å². The number of hydrogen-bond acceptors (Lipinski definition) is 5. The van der Waals surface area contributed by atoms with Crippen molar-refractivity contribution >= 4 is 17.3 Å². The Labute approximate surface area is 213 Å². The summed E-state index contributed by atoms with van der Waals surface area (Å²) in [5, 5.41) is 5.80. The van der Waals surface area contributed by atoms with Crippen LogP contribution in [-0.4, -0.2) is 25.2 Å². The molecule has 0 radical (unpaired) electrons. The minimum Gasteiger partial charge on any atom is -0.493 e. The highest BCUT2D eigenvalue weighted by Gasteiger charge is 2.36. The summed E-state index contributed by atoms with van der Waals surface area (Å²) in [6.07, 6.45) is 6.24. The van der Waals surface area contributed by atoms with Crippen molar-refractivity contribution in [2.24, 2.45) is 5.92 Å². The maximum absolute atomic E-state index is 11.9. The summed E-state index contributed by atoms with van der Waals surface area (Å²) in [5.74, 6) is 0.946. The molecule has 3 aromatic rings. The number of rotatable bonds is 13. The lowest BCUT2D eigenvalue weighted by molar-refractivity contribution is -0.151. The van der Waals surface area contributed by atoms with Crippen molar-refractivity contribution in [3.63, 3.8) is 0 Å². The Bertz CT molecular complexity index is 1040. The van der Waals surface area contributed by atoms with Gasteiger partial charge in [-0.2, -0.15) is 0 Å². The van der Waals surface area contributed by atoms with Crippen molar-refractivity contribution in [2.45, 2.75) is 64.5 Å². The number of nitrogens with one attached hydrogen (secondary N) is 1. The fourth-order valence-corrected chi connectivity index (χ4v) is 5.41. The Kier molecular flexibility index (Phi) is 9.38. The molecule has 4 nitrogen and oxygen atoms in total. The Morgan fingerprint density at radius 2 is 1.89 bits per heavy atom. The SMILES string of the molecule is CCOC(=O)C1CC(NC(C)c2ccc(OCCCCCc3ccccc3)c(-c3cccs3)c2)C1. The van der Waals surface area contributed by atoms with E-state index in [9.17, 15) is 4.79 Å². The number of benzene rings is 2. The first-order valence-corrected chi connectivity index (χ1v) is 13.8. The second-order valence-electron chi connectivity index (χ2n) is 9.38. The second kappa shape index (κ2) is 12.9. The molecule has 0 bridgehead atoms. The average molecular weight is 492 g/mol. The third-order valence-electron chi connectivity index (χ3n) is 6.74. The third-order valence-corrected chi connectivity index (χ3v) is 7.65. The highest BCUT2D eigenvalue weighted by molar-refractivity contribution is 7.13. The Balaban J connectivity index is 1.29. The maximum atomic E-state index is 11.9. The highest BCUT2D eigenvalue weighted by Crippen LogP contribution is 2.36. The van der Waals surface area contributed by atoms with Gasteiger partial charge in [-0.15, -0.1) is 11.3 Å². The predicted molar refractivity (Wildman–Crippen MR) is 144 cm³/mol. The highest BCUT2D eigenvalue weighted by atomic mass is 32.1. The van der Waals surface area contributed by atoms with Crippen LogP contribution in [0, 0.1) is 5.92 Å². The second-order valence-corrected chi connectivity index (χ2v) is 10.3. The van der Waals surface area contributed by atoms with Crippen LogP contribution < -0.4 is 10.1 Å². The summed E-state index contributed by atoms with van der Waals surface area (Å²) < 4.78 is 11.4. The number of ether oxygens (including phenoxy) is 2. The average Bonchev–Trinajstić information content (AvgIpc) is 3.39. The van der Waals surface area contributed by atoms with Gasteiger partial charge in [0.25, 0.3) is 0 Å². The molecule has 0 spiro atoms. The van der Waals surface area contributed by atoms with Crippen molar-refractivity contribution in [1.29, 1.82) is 0 Å². The van der Waals surface area contributed by atoms with E-state index in [1.165, 1.54) is 22.4 Å². The standard InChI is InChI=1S/C30H37NO3S/c1-3-33-30(32)25-19-26(20-25)31-22(2)24-15-16-28(27(21-24)29-14-10-18-35-29)34-17-9-5-8-13-23-11-6-4-7-12-23/h4,6-7,10-12,14-16,18,21-22,25-26,31H,3,5,8-9,13,17,19-20H2,1-2H3. The predicted octanol–water partition coefficient (Wildman–Crippen LogP) is 7.20. The van der Waals surface area contributed by atoms with Gasteiger partial charge < -0.3 is 14.8 Å². The van der Waals surface area contributed by atoms with E-state index >= 15 is 0 Å². The Hall–Kier alpha value is -2.63. The molecule has 1 aliphatic carbocycles. The van der Waals surface area contributed by atoms with Gasteiger partial charge in [-0.1, -0.05) is 42.5 Å². The molecule has 0 saturated heterocycles. The number of esters is 1. The van der Waals surface area contributed by atoms with Crippen molar-refractivity contribution in [3.05, 3.63) is 77.2 Å². The molecule has 1 N–H and O–H groups in total. The minimum atomic E-state index is -0.0558. The van der Waals surface area contributed by atoms with E-state index in [2.05, 4.69) is 78.3 Å². The van der Waals surface area contributed by atoms with Gasteiger partial charge in [0.2, 0.25) is 0 Å². The molecule has 1 saturated carbocycles. The van der Waals surface area contributed by atoms with Crippen LogP contribution >= 0.6 is 11.3 Å². The summed E-state index contributed by atoms with van der Waals surface area (Å²) in [6, 6.07) is 22.0. The molecule has 4 rings (SSSR count). The Morgan fingerprint density at radius 3 is 2.63 bits per heavy atom. The fourth-order valence-electron chi connectivity index (χ4n) is 4.66. The zero-order chi connectivity index (χ0) is 24.5. The summed E-state index contributed by atoms with van der Waals surface area (Å²) in [5.41, 5.74) is 3.81. The lowest BCUT2D eigenvalue weighted by atomic mass is 9.79. The van der Waals surface area contributed by atoms with Crippen molar-refractivity contribution in [2.75, 3.05) is 13.2 Å². The maximum Gasteiger partial charge on any atom is 0.309 e. The van der Waals surface area contributed by atoms with Crippen LogP contribution in [-0.2, 0) is 16.0 Å². The van der Waals surface area contributed by atoms with Crippen molar-refractivity contribution in [1.82, 2.24) is 5.32 Å². The van der Waals surface area contributed by atoms with Gasteiger partial charge >= 0.3 is 5.97 Å². The minimum absolute atomic E-state index is 0.0461. The molecule has 1 unspecified atom stereocenters. The third kappa shape index (κ3) is 7.18.